The standard InChI is InChI=1S/C16H11N3O4/c20-14(10-7-4-8-23-10)12-11-13(18-17-12)16(22)19(15(11)21)9-5-2-1-3-6-9/h1-8,11,13,18H. The summed E-state index contributed by atoms with van der Waals surface area (Å²) in [7, 11) is 0. The number of ketones is 1. The van der Waals surface area contributed by atoms with E-state index in [1.165, 1.54) is 12.3 Å². The van der Waals surface area contributed by atoms with Crippen LogP contribution in [0.15, 0.2) is 58.2 Å². The molecule has 0 aliphatic carbocycles. The Bertz CT molecular complexity index is 826. The van der Waals surface area contributed by atoms with Crippen LogP contribution in [0.3, 0.4) is 0 Å². The van der Waals surface area contributed by atoms with Crippen molar-refractivity contribution in [2.45, 2.75) is 6.04 Å². The number of carbonyl (C=O) groups is 3. The Morgan fingerprint density at radius 2 is 1.87 bits per heavy atom. The zero-order chi connectivity index (χ0) is 16.0. The van der Waals surface area contributed by atoms with Gasteiger partial charge in [0, 0.05) is 0 Å². The number of benzene rings is 1. The Labute approximate surface area is 130 Å². The number of fused-ring (bicyclic) bond motifs is 1. The van der Waals surface area contributed by atoms with Crippen LogP contribution < -0.4 is 10.3 Å². The number of hydrogen-bond donors (Lipinski definition) is 1. The van der Waals surface area contributed by atoms with Gasteiger partial charge in [0.05, 0.1) is 12.0 Å². The molecular formula is C16H11N3O4. The summed E-state index contributed by atoms with van der Waals surface area (Å²) >= 11 is 0. The first-order valence-corrected chi connectivity index (χ1v) is 7.02. The molecular weight excluding hydrogens is 298 g/mol. The summed E-state index contributed by atoms with van der Waals surface area (Å²) in [6, 6.07) is 10.8. The number of Topliss-reactive ketones (excluding diaryl/α,β-unsaturated/α-hetero) is 1. The molecule has 0 spiro atoms. The van der Waals surface area contributed by atoms with Crippen molar-refractivity contribution in [3.05, 3.63) is 54.5 Å². The quantitative estimate of drug-likeness (QED) is 0.674. The summed E-state index contributed by atoms with van der Waals surface area (Å²) in [4.78, 5) is 38.7. The number of para-hydroxylation sites is 1. The SMILES string of the molecule is O=C(C1=NNC2C(=O)N(c3ccccc3)C(=O)C12)c1ccco1. The van der Waals surface area contributed by atoms with E-state index in [9.17, 15) is 14.4 Å². The lowest BCUT2D eigenvalue weighted by molar-refractivity contribution is -0.122. The number of hydrazone groups is 1. The van der Waals surface area contributed by atoms with Crippen LogP contribution in [0, 0.1) is 5.92 Å². The predicted octanol–water partition coefficient (Wildman–Crippen LogP) is 0.980. The normalized spacial score (nSPS) is 22.8. The third kappa shape index (κ3) is 1.90. The van der Waals surface area contributed by atoms with Gasteiger partial charge in [-0.05, 0) is 24.3 Å². The molecule has 0 saturated carbocycles. The second-order valence-electron chi connectivity index (χ2n) is 5.24. The number of hydrogen-bond acceptors (Lipinski definition) is 6. The molecule has 1 aromatic heterocycles. The molecule has 1 fully saturated rings. The highest BCUT2D eigenvalue weighted by atomic mass is 16.3. The van der Waals surface area contributed by atoms with Crippen molar-refractivity contribution in [1.82, 2.24) is 5.43 Å². The molecule has 1 N–H and O–H groups in total. The maximum Gasteiger partial charge on any atom is 0.259 e. The number of nitrogens with zero attached hydrogens (tertiary/aromatic N) is 2. The average molecular weight is 309 g/mol. The molecule has 7 nitrogen and oxygen atoms in total. The lowest BCUT2D eigenvalue weighted by atomic mass is 9.95. The Morgan fingerprint density at radius 3 is 2.57 bits per heavy atom. The molecule has 2 aliphatic rings. The average Bonchev–Trinajstić information content (AvgIpc) is 3.28. The first kappa shape index (κ1) is 13.4. The van der Waals surface area contributed by atoms with Crippen molar-refractivity contribution in [3.8, 4) is 0 Å². The van der Waals surface area contributed by atoms with Gasteiger partial charge in [-0.25, -0.2) is 4.90 Å². The fourth-order valence-corrected chi connectivity index (χ4v) is 2.84. The van der Waals surface area contributed by atoms with Gasteiger partial charge in [0.25, 0.3) is 5.91 Å². The number of furan rings is 1. The van der Waals surface area contributed by atoms with Crippen LogP contribution in [0.25, 0.3) is 0 Å². The minimum Gasteiger partial charge on any atom is -0.461 e. The first-order chi connectivity index (χ1) is 11.2. The summed E-state index contributed by atoms with van der Waals surface area (Å²) in [6.07, 6.45) is 1.37. The van der Waals surface area contributed by atoms with Crippen molar-refractivity contribution in [3.63, 3.8) is 0 Å². The molecule has 2 aromatic rings. The molecule has 7 heteroatoms. The summed E-state index contributed by atoms with van der Waals surface area (Å²) in [5.74, 6) is -2.22. The van der Waals surface area contributed by atoms with Crippen molar-refractivity contribution in [1.29, 1.82) is 0 Å². The van der Waals surface area contributed by atoms with E-state index in [0.717, 1.165) is 4.90 Å². The molecule has 0 radical (unpaired) electrons. The van der Waals surface area contributed by atoms with Crippen molar-refractivity contribution < 1.29 is 18.8 Å². The summed E-state index contributed by atoms with van der Waals surface area (Å²) in [6.45, 7) is 0. The maximum absolute atomic E-state index is 12.7. The van der Waals surface area contributed by atoms with E-state index in [-0.39, 0.29) is 11.5 Å². The number of amides is 2. The molecule has 2 aliphatic heterocycles. The van der Waals surface area contributed by atoms with Gasteiger partial charge >= 0.3 is 0 Å². The van der Waals surface area contributed by atoms with Crippen LogP contribution in [0.5, 0.6) is 0 Å². The fraction of sp³-hybridized carbons (Fsp3) is 0.125. The van der Waals surface area contributed by atoms with Crippen LogP contribution in [0.2, 0.25) is 0 Å². The van der Waals surface area contributed by atoms with E-state index in [1.54, 1.807) is 36.4 Å². The molecule has 4 rings (SSSR count). The second kappa shape index (κ2) is 4.91. The van der Waals surface area contributed by atoms with Gasteiger partial charge in [-0.3, -0.25) is 19.8 Å². The molecule has 114 valence electrons. The van der Waals surface area contributed by atoms with E-state index < -0.39 is 29.6 Å². The van der Waals surface area contributed by atoms with E-state index in [1.807, 2.05) is 0 Å². The third-order valence-corrected chi connectivity index (χ3v) is 3.92. The van der Waals surface area contributed by atoms with E-state index in [2.05, 4.69) is 10.5 Å². The van der Waals surface area contributed by atoms with Crippen LogP contribution in [-0.4, -0.2) is 29.4 Å². The minimum atomic E-state index is -0.930. The predicted molar refractivity (Wildman–Crippen MR) is 79.8 cm³/mol. The van der Waals surface area contributed by atoms with Gasteiger partial charge in [-0.1, -0.05) is 18.2 Å². The van der Waals surface area contributed by atoms with E-state index in [0.29, 0.717) is 5.69 Å². The highest BCUT2D eigenvalue weighted by Crippen LogP contribution is 2.31. The van der Waals surface area contributed by atoms with Crippen LogP contribution in [-0.2, 0) is 9.59 Å². The van der Waals surface area contributed by atoms with Crippen LogP contribution >= 0.6 is 0 Å². The highest BCUT2D eigenvalue weighted by Gasteiger charge is 2.55. The van der Waals surface area contributed by atoms with Gasteiger partial charge in [0.2, 0.25) is 11.7 Å². The smallest absolute Gasteiger partial charge is 0.259 e. The minimum absolute atomic E-state index is 0.00160. The Morgan fingerprint density at radius 1 is 1.09 bits per heavy atom. The molecule has 0 bridgehead atoms. The fourth-order valence-electron chi connectivity index (χ4n) is 2.84. The summed E-state index contributed by atoms with van der Waals surface area (Å²) in [5.41, 5.74) is 3.08. The highest BCUT2D eigenvalue weighted by molar-refractivity contribution is 6.52. The van der Waals surface area contributed by atoms with Crippen LogP contribution in [0.4, 0.5) is 5.69 Å². The Balaban J connectivity index is 1.69. The topological polar surface area (TPSA) is 92.0 Å². The Kier molecular flexibility index (Phi) is 2.87. The third-order valence-electron chi connectivity index (χ3n) is 3.92. The van der Waals surface area contributed by atoms with Gasteiger partial charge in [0.15, 0.2) is 5.76 Å². The van der Waals surface area contributed by atoms with Crippen molar-refractivity contribution >= 4 is 29.0 Å². The molecule has 2 amide bonds. The molecule has 23 heavy (non-hydrogen) atoms. The molecule has 1 saturated heterocycles. The molecule has 2 unspecified atom stereocenters. The summed E-state index contributed by atoms with van der Waals surface area (Å²) < 4.78 is 5.06. The van der Waals surface area contributed by atoms with E-state index in [4.69, 9.17) is 4.42 Å². The van der Waals surface area contributed by atoms with Gasteiger partial charge in [-0.15, -0.1) is 0 Å². The number of rotatable bonds is 3. The van der Waals surface area contributed by atoms with Crippen molar-refractivity contribution in [2.24, 2.45) is 11.0 Å². The molecule has 2 atom stereocenters. The second-order valence-corrected chi connectivity index (χ2v) is 5.24. The van der Waals surface area contributed by atoms with E-state index >= 15 is 0 Å². The largest absolute Gasteiger partial charge is 0.461 e. The number of carbonyl (C=O) groups excluding carboxylic acids is 3. The van der Waals surface area contributed by atoms with Crippen molar-refractivity contribution in [2.75, 3.05) is 4.90 Å². The lowest BCUT2D eigenvalue weighted by Crippen LogP contribution is -2.36. The zero-order valence-corrected chi connectivity index (χ0v) is 11.8. The van der Waals surface area contributed by atoms with Gasteiger partial charge in [0.1, 0.15) is 17.7 Å². The number of imide groups is 1. The monoisotopic (exact) mass is 309 g/mol. The van der Waals surface area contributed by atoms with Gasteiger partial charge < -0.3 is 4.42 Å². The molecule has 3 heterocycles. The van der Waals surface area contributed by atoms with Crippen LogP contribution in [0.1, 0.15) is 10.6 Å². The number of nitrogens with one attached hydrogen (secondary N) is 1. The lowest BCUT2D eigenvalue weighted by Gasteiger charge is -2.15. The summed E-state index contributed by atoms with van der Waals surface area (Å²) in [5, 5.41) is 3.89. The zero-order valence-electron chi connectivity index (χ0n) is 11.8. The maximum atomic E-state index is 12.7. The number of anilines is 1. The molecule has 1 aromatic carbocycles. The first-order valence-electron chi connectivity index (χ1n) is 7.02. The Hall–Kier alpha value is -3.22. The van der Waals surface area contributed by atoms with Gasteiger partial charge in [-0.2, -0.15) is 5.10 Å².